The third kappa shape index (κ3) is 3.64. The topological polar surface area (TPSA) is 66.9 Å². The van der Waals surface area contributed by atoms with Crippen molar-refractivity contribution in [3.63, 3.8) is 0 Å². The molecule has 1 amide bonds. The van der Waals surface area contributed by atoms with Crippen LogP contribution in [0, 0.1) is 0 Å². The molecule has 0 aliphatic heterocycles. The summed E-state index contributed by atoms with van der Waals surface area (Å²) in [6.45, 7) is 2.06. The first kappa shape index (κ1) is 13.2. The maximum atomic E-state index is 11.8. The molecule has 0 aromatic carbocycles. The minimum Gasteiger partial charge on any atom is -0.363 e. The summed E-state index contributed by atoms with van der Waals surface area (Å²) >= 11 is 2.98. The van der Waals surface area contributed by atoms with Crippen LogP contribution in [0.3, 0.4) is 0 Å². The predicted octanol–water partition coefficient (Wildman–Crippen LogP) is 1.45. The number of amides is 1. The van der Waals surface area contributed by atoms with E-state index in [2.05, 4.69) is 27.8 Å². The van der Waals surface area contributed by atoms with E-state index in [-0.39, 0.29) is 11.9 Å². The van der Waals surface area contributed by atoms with Crippen molar-refractivity contribution in [1.29, 1.82) is 0 Å². The van der Waals surface area contributed by atoms with Crippen molar-refractivity contribution in [3.05, 3.63) is 5.01 Å². The molecule has 0 saturated heterocycles. The summed E-state index contributed by atoms with van der Waals surface area (Å²) in [6.07, 6.45) is 2.95. The van der Waals surface area contributed by atoms with Gasteiger partial charge in [-0.1, -0.05) is 18.3 Å². The zero-order chi connectivity index (χ0) is 12.0. The average Bonchev–Trinajstić information content (AvgIpc) is 2.76. The van der Waals surface area contributed by atoms with Crippen LogP contribution in [0.5, 0.6) is 0 Å². The van der Waals surface area contributed by atoms with Gasteiger partial charge < -0.3 is 10.6 Å². The predicted molar refractivity (Wildman–Crippen MR) is 69.4 cm³/mol. The van der Waals surface area contributed by atoms with Gasteiger partial charge in [0.25, 0.3) is 5.91 Å². The molecule has 0 spiro atoms. The lowest BCUT2D eigenvalue weighted by Gasteiger charge is -2.14. The number of rotatable bonds is 6. The molecule has 0 fully saturated rings. The fourth-order valence-electron chi connectivity index (χ4n) is 1.13. The first-order valence-electron chi connectivity index (χ1n) is 5.02. The Morgan fingerprint density at radius 1 is 1.56 bits per heavy atom. The fourth-order valence-corrected chi connectivity index (χ4v) is 2.45. The largest absolute Gasteiger partial charge is 0.363 e. The van der Waals surface area contributed by atoms with E-state index in [1.54, 1.807) is 18.8 Å². The maximum Gasteiger partial charge on any atom is 0.282 e. The van der Waals surface area contributed by atoms with Crippen LogP contribution < -0.4 is 10.6 Å². The average molecular weight is 260 g/mol. The van der Waals surface area contributed by atoms with Gasteiger partial charge in [-0.15, -0.1) is 10.2 Å². The van der Waals surface area contributed by atoms with E-state index in [0.29, 0.717) is 10.1 Å². The third-order valence-corrected chi connectivity index (χ3v) is 3.70. The van der Waals surface area contributed by atoms with Crippen LogP contribution in [0.2, 0.25) is 0 Å². The van der Waals surface area contributed by atoms with Crippen LogP contribution in [0.15, 0.2) is 0 Å². The molecule has 0 bridgehead atoms. The van der Waals surface area contributed by atoms with Gasteiger partial charge in [0.15, 0.2) is 0 Å². The van der Waals surface area contributed by atoms with Gasteiger partial charge in [-0.2, -0.15) is 11.8 Å². The van der Waals surface area contributed by atoms with Crippen LogP contribution in [0.4, 0.5) is 5.13 Å². The molecule has 0 aliphatic carbocycles. The van der Waals surface area contributed by atoms with Gasteiger partial charge in [0, 0.05) is 18.8 Å². The first-order valence-corrected chi connectivity index (χ1v) is 7.23. The molecular weight excluding hydrogens is 244 g/mol. The number of hydrogen-bond donors (Lipinski definition) is 2. The second-order valence-corrected chi connectivity index (χ2v) is 5.08. The lowest BCUT2D eigenvalue weighted by atomic mass is 10.2. The minimum absolute atomic E-state index is 0.139. The number of carbonyl (C=O) groups is 1. The van der Waals surface area contributed by atoms with Gasteiger partial charge in [-0.3, -0.25) is 4.79 Å². The van der Waals surface area contributed by atoms with E-state index in [4.69, 9.17) is 0 Å². The molecule has 0 saturated carbocycles. The van der Waals surface area contributed by atoms with Gasteiger partial charge in [-0.25, -0.2) is 0 Å². The normalized spacial score (nSPS) is 12.2. The van der Waals surface area contributed by atoms with Crippen LogP contribution in [-0.2, 0) is 0 Å². The number of nitrogens with one attached hydrogen (secondary N) is 2. The lowest BCUT2D eigenvalue weighted by molar-refractivity contribution is 0.0939. The van der Waals surface area contributed by atoms with E-state index >= 15 is 0 Å². The van der Waals surface area contributed by atoms with Crippen molar-refractivity contribution in [3.8, 4) is 0 Å². The van der Waals surface area contributed by atoms with E-state index in [0.717, 1.165) is 12.2 Å². The molecule has 1 aromatic heterocycles. The van der Waals surface area contributed by atoms with Crippen molar-refractivity contribution >= 4 is 34.1 Å². The molecule has 1 aromatic rings. The monoisotopic (exact) mass is 260 g/mol. The van der Waals surface area contributed by atoms with Crippen molar-refractivity contribution < 1.29 is 4.79 Å². The van der Waals surface area contributed by atoms with Gasteiger partial charge in [0.2, 0.25) is 10.1 Å². The summed E-state index contributed by atoms with van der Waals surface area (Å²) in [5, 5.41) is 14.5. The van der Waals surface area contributed by atoms with E-state index < -0.39 is 0 Å². The summed E-state index contributed by atoms with van der Waals surface area (Å²) in [4.78, 5) is 11.8. The molecule has 5 nitrogen and oxygen atoms in total. The van der Waals surface area contributed by atoms with Gasteiger partial charge in [-0.05, 0) is 12.7 Å². The summed E-state index contributed by atoms with van der Waals surface area (Å²) < 4.78 is 0. The lowest BCUT2D eigenvalue weighted by Crippen LogP contribution is -2.36. The Balaban J connectivity index is 2.56. The highest BCUT2D eigenvalue weighted by atomic mass is 32.2. The molecule has 1 atom stereocenters. The van der Waals surface area contributed by atoms with E-state index in [1.807, 2.05) is 6.26 Å². The highest BCUT2D eigenvalue weighted by Gasteiger charge is 2.15. The summed E-state index contributed by atoms with van der Waals surface area (Å²) in [6, 6.07) is 0.199. The fraction of sp³-hybridized carbons (Fsp3) is 0.667. The maximum absolute atomic E-state index is 11.8. The number of hydrogen-bond acceptors (Lipinski definition) is 6. The summed E-state index contributed by atoms with van der Waals surface area (Å²) in [5.41, 5.74) is 0. The third-order valence-electron chi connectivity index (χ3n) is 2.03. The number of aromatic nitrogens is 2. The SMILES string of the molecule is CCC(CSC)NC(=O)c1nnc(NC)s1. The van der Waals surface area contributed by atoms with Crippen molar-refractivity contribution in [2.45, 2.75) is 19.4 Å². The van der Waals surface area contributed by atoms with Crippen LogP contribution >= 0.6 is 23.1 Å². The number of nitrogens with zero attached hydrogens (tertiary/aromatic N) is 2. The van der Waals surface area contributed by atoms with E-state index in [1.165, 1.54) is 11.3 Å². The number of anilines is 1. The van der Waals surface area contributed by atoms with Crippen molar-refractivity contribution in [2.75, 3.05) is 24.4 Å². The molecule has 7 heteroatoms. The molecule has 0 radical (unpaired) electrons. The molecule has 1 unspecified atom stereocenters. The van der Waals surface area contributed by atoms with E-state index in [9.17, 15) is 4.79 Å². The smallest absolute Gasteiger partial charge is 0.282 e. The molecule has 2 N–H and O–H groups in total. The quantitative estimate of drug-likeness (QED) is 0.810. The first-order chi connectivity index (χ1) is 7.71. The van der Waals surface area contributed by atoms with Gasteiger partial charge in [0.05, 0.1) is 0 Å². The van der Waals surface area contributed by atoms with Crippen LogP contribution in [0.25, 0.3) is 0 Å². The minimum atomic E-state index is -0.139. The van der Waals surface area contributed by atoms with Gasteiger partial charge >= 0.3 is 0 Å². The molecular formula is C9H16N4OS2. The Morgan fingerprint density at radius 3 is 2.81 bits per heavy atom. The highest BCUT2D eigenvalue weighted by Crippen LogP contribution is 2.14. The Labute approximate surface area is 103 Å². The Morgan fingerprint density at radius 2 is 2.31 bits per heavy atom. The zero-order valence-corrected chi connectivity index (χ0v) is 11.2. The number of carbonyl (C=O) groups excluding carboxylic acids is 1. The standard InChI is InChI=1S/C9H16N4OS2/c1-4-6(5-15-3)11-7(14)8-12-13-9(10-2)16-8/h6H,4-5H2,1-3H3,(H,10,13)(H,11,14). The Hall–Kier alpha value is -0.820. The Kier molecular flexibility index (Phi) is 5.54. The molecule has 0 aliphatic rings. The zero-order valence-electron chi connectivity index (χ0n) is 9.61. The second kappa shape index (κ2) is 6.70. The number of thioether (sulfide) groups is 1. The molecule has 90 valence electrons. The summed E-state index contributed by atoms with van der Waals surface area (Å²) in [7, 11) is 1.75. The summed E-state index contributed by atoms with van der Waals surface area (Å²) in [5.74, 6) is 0.778. The van der Waals surface area contributed by atoms with Crippen LogP contribution in [0.1, 0.15) is 23.1 Å². The molecule has 1 heterocycles. The van der Waals surface area contributed by atoms with Crippen molar-refractivity contribution in [2.24, 2.45) is 0 Å². The van der Waals surface area contributed by atoms with Crippen LogP contribution in [-0.4, -0.2) is 41.2 Å². The Bertz CT molecular complexity index is 342. The van der Waals surface area contributed by atoms with Crippen molar-refractivity contribution in [1.82, 2.24) is 15.5 Å². The second-order valence-electron chi connectivity index (χ2n) is 3.20. The highest BCUT2D eigenvalue weighted by molar-refractivity contribution is 7.98. The van der Waals surface area contributed by atoms with Gasteiger partial charge in [0.1, 0.15) is 0 Å². The molecule has 16 heavy (non-hydrogen) atoms. The molecule has 1 rings (SSSR count).